The minimum Gasteiger partial charge on any atom is -0.454 e. The lowest BCUT2D eigenvalue weighted by Gasteiger charge is -2.16. The number of aromatic nitrogens is 2. The molecule has 1 heterocycles. The molecule has 0 spiro atoms. The normalized spacial score (nSPS) is 12.0. The number of aldehydes is 1. The van der Waals surface area contributed by atoms with E-state index < -0.39 is 12.1 Å². The van der Waals surface area contributed by atoms with Gasteiger partial charge >= 0.3 is 5.97 Å². The minimum atomic E-state index is -0.604. The molecule has 0 bridgehead atoms. The number of esters is 1. The molecule has 5 nitrogen and oxygen atoms in total. The zero-order chi connectivity index (χ0) is 14.4. The number of hydrogen-bond acceptors (Lipinski definition) is 5. The number of rotatable bonds is 6. The van der Waals surface area contributed by atoms with Gasteiger partial charge in [-0.05, 0) is 12.8 Å². The second-order valence-corrected chi connectivity index (χ2v) is 4.65. The first-order valence-electron chi connectivity index (χ1n) is 5.84. The topological polar surface area (TPSA) is 69.2 Å². The van der Waals surface area contributed by atoms with Crippen molar-refractivity contribution in [3.8, 4) is 0 Å². The number of carbonyl (C=O) groups is 2. The highest BCUT2D eigenvalue weighted by Gasteiger charge is 2.21. The summed E-state index contributed by atoms with van der Waals surface area (Å²) >= 11 is 11.7. The monoisotopic (exact) mass is 304 g/mol. The fourth-order valence-electron chi connectivity index (χ4n) is 1.50. The molecule has 0 aliphatic carbocycles. The van der Waals surface area contributed by atoms with Gasteiger partial charge in [-0.15, -0.1) is 0 Å². The number of ether oxygens (including phenoxy) is 1. The maximum absolute atomic E-state index is 11.1. The van der Waals surface area contributed by atoms with Crippen LogP contribution in [0.3, 0.4) is 0 Å². The fourth-order valence-corrected chi connectivity index (χ4v) is 1.99. The third-order valence-corrected chi connectivity index (χ3v) is 2.98. The van der Waals surface area contributed by atoms with Gasteiger partial charge in [0.2, 0.25) is 0 Å². The third-order valence-electron chi connectivity index (χ3n) is 2.40. The standard InChI is InChI=1S/C12H14Cl2N2O3/c1-3-4-5-9(19-7(2)18)12-15-10(13)8(6-17)11(14)16-12/h6,9H,3-5H2,1-2H3. The van der Waals surface area contributed by atoms with Gasteiger partial charge in [0.15, 0.2) is 18.2 Å². The highest BCUT2D eigenvalue weighted by molar-refractivity contribution is 6.36. The Balaban J connectivity index is 3.07. The summed E-state index contributed by atoms with van der Waals surface area (Å²) in [6, 6.07) is 0. The van der Waals surface area contributed by atoms with Gasteiger partial charge in [-0.2, -0.15) is 0 Å². The van der Waals surface area contributed by atoms with E-state index in [0.29, 0.717) is 12.7 Å². The Labute approximate surface area is 121 Å². The van der Waals surface area contributed by atoms with E-state index >= 15 is 0 Å². The second kappa shape index (κ2) is 7.40. The van der Waals surface area contributed by atoms with Crippen molar-refractivity contribution < 1.29 is 14.3 Å². The third kappa shape index (κ3) is 4.44. The quantitative estimate of drug-likeness (QED) is 0.458. The molecule has 1 aromatic rings. The summed E-state index contributed by atoms with van der Waals surface area (Å²) in [4.78, 5) is 29.8. The van der Waals surface area contributed by atoms with Crippen molar-refractivity contribution >= 4 is 35.5 Å². The summed E-state index contributed by atoms with van der Waals surface area (Å²) in [7, 11) is 0. The number of unbranched alkanes of at least 4 members (excludes halogenated alkanes) is 1. The number of hydrogen-bond donors (Lipinski definition) is 0. The van der Waals surface area contributed by atoms with Crippen molar-refractivity contribution in [1.82, 2.24) is 9.97 Å². The first-order valence-corrected chi connectivity index (χ1v) is 6.60. The van der Waals surface area contributed by atoms with E-state index in [1.807, 2.05) is 6.92 Å². The van der Waals surface area contributed by atoms with E-state index in [-0.39, 0.29) is 21.7 Å². The molecule has 1 aromatic heterocycles. The molecule has 0 fully saturated rings. The van der Waals surface area contributed by atoms with Crippen molar-refractivity contribution in [2.45, 2.75) is 39.2 Å². The van der Waals surface area contributed by atoms with Crippen LogP contribution in [0.15, 0.2) is 0 Å². The van der Waals surface area contributed by atoms with Crippen LogP contribution in [0.5, 0.6) is 0 Å². The van der Waals surface area contributed by atoms with Crippen molar-refractivity contribution in [2.24, 2.45) is 0 Å². The maximum Gasteiger partial charge on any atom is 0.303 e. The Morgan fingerprint density at radius 3 is 2.37 bits per heavy atom. The van der Waals surface area contributed by atoms with Gasteiger partial charge in [0, 0.05) is 6.92 Å². The van der Waals surface area contributed by atoms with Crippen molar-refractivity contribution in [1.29, 1.82) is 0 Å². The Kier molecular flexibility index (Phi) is 6.18. The fraction of sp³-hybridized carbons (Fsp3) is 0.500. The van der Waals surface area contributed by atoms with Gasteiger partial charge in [-0.3, -0.25) is 9.59 Å². The molecule has 0 aliphatic rings. The molecule has 0 aliphatic heterocycles. The summed E-state index contributed by atoms with van der Waals surface area (Å²) in [6.07, 6.45) is 2.23. The number of halogens is 2. The molecule has 0 amide bonds. The van der Waals surface area contributed by atoms with E-state index in [4.69, 9.17) is 27.9 Å². The average Bonchev–Trinajstić information content (AvgIpc) is 2.33. The molecule has 0 saturated carbocycles. The number of nitrogens with zero attached hydrogens (tertiary/aromatic N) is 2. The van der Waals surface area contributed by atoms with Gasteiger partial charge in [0.05, 0.1) is 5.56 Å². The lowest BCUT2D eigenvalue weighted by atomic mass is 10.1. The highest BCUT2D eigenvalue weighted by atomic mass is 35.5. The Hall–Kier alpha value is -1.20. The van der Waals surface area contributed by atoms with Gasteiger partial charge < -0.3 is 4.74 Å². The Morgan fingerprint density at radius 2 is 1.95 bits per heavy atom. The van der Waals surface area contributed by atoms with Crippen LogP contribution >= 0.6 is 23.2 Å². The van der Waals surface area contributed by atoms with Crippen LogP contribution < -0.4 is 0 Å². The van der Waals surface area contributed by atoms with Crippen LogP contribution in [0.25, 0.3) is 0 Å². The minimum absolute atomic E-state index is 0.0316. The molecule has 1 unspecified atom stereocenters. The van der Waals surface area contributed by atoms with Crippen LogP contribution in [0.1, 0.15) is 55.4 Å². The largest absolute Gasteiger partial charge is 0.454 e. The summed E-state index contributed by atoms with van der Waals surface area (Å²) in [5.41, 5.74) is 0.0316. The summed E-state index contributed by atoms with van der Waals surface area (Å²) in [6.45, 7) is 3.32. The van der Waals surface area contributed by atoms with Crippen LogP contribution in [-0.4, -0.2) is 22.2 Å². The second-order valence-electron chi connectivity index (χ2n) is 3.94. The molecule has 0 saturated heterocycles. The molecule has 104 valence electrons. The van der Waals surface area contributed by atoms with Gasteiger partial charge in [0.1, 0.15) is 10.3 Å². The molecule has 1 rings (SSSR count). The van der Waals surface area contributed by atoms with E-state index in [0.717, 1.165) is 12.8 Å². The van der Waals surface area contributed by atoms with Crippen molar-refractivity contribution in [3.63, 3.8) is 0 Å². The lowest BCUT2D eigenvalue weighted by Crippen LogP contribution is -2.13. The van der Waals surface area contributed by atoms with E-state index in [2.05, 4.69) is 9.97 Å². The van der Waals surface area contributed by atoms with Crippen LogP contribution in [-0.2, 0) is 9.53 Å². The first kappa shape index (κ1) is 15.9. The molecule has 19 heavy (non-hydrogen) atoms. The molecular weight excluding hydrogens is 291 g/mol. The summed E-state index contributed by atoms with van der Waals surface area (Å²) in [5.74, 6) is -0.222. The summed E-state index contributed by atoms with van der Waals surface area (Å²) in [5, 5.41) is -0.0858. The molecule has 7 heteroatoms. The van der Waals surface area contributed by atoms with Gasteiger partial charge in [0.25, 0.3) is 0 Å². The lowest BCUT2D eigenvalue weighted by molar-refractivity contribution is -0.147. The average molecular weight is 305 g/mol. The maximum atomic E-state index is 11.1. The molecule has 1 atom stereocenters. The van der Waals surface area contributed by atoms with Gasteiger partial charge in [-0.1, -0.05) is 36.5 Å². The molecule has 0 aromatic carbocycles. The van der Waals surface area contributed by atoms with Crippen molar-refractivity contribution in [2.75, 3.05) is 0 Å². The van der Waals surface area contributed by atoms with Crippen LogP contribution in [0, 0.1) is 0 Å². The smallest absolute Gasteiger partial charge is 0.303 e. The predicted molar refractivity (Wildman–Crippen MR) is 71.5 cm³/mol. The SMILES string of the molecule is CCCCC(OC(C)=O)c1nc(Cl)c(C=O)c(Cl)n1. The van der Waals surface area contributed by atoms with E-state index in [9.17, 15) is 9.59 Å². The molecular formula is C12H14Cl2N2O3. The van der Waals surface area contributed by atoms with E-state index in [1.54, 1.807) is 0 Å². The Morgan fingerprint density at radius 1 is 1.37 bits per heavy atom. The first-order chi connectivity index (χ1) is 8.99. The van der Waals surface area contributed by atoms with Crippen LogP contribution in [0.4, 0.5) is 0 Å². The predicted octanol–water partition coefficient (Wildman–Crippen LogP) is 3.39. The summed E-state index contributed by atoms with van der Waals surface area (Å²) < 4.78 is 5.15. The molecule has 0 radical (unpaired) electrons. The zero-order valence-electron chi connectivity index (χ0n) is 10.7. The van der Waals surface area contributed by atoms with E-state index in [1.165, 1.54) is 6.92 Å². The Bertz CT molecular complexity index is 457. The molecule has 0 N–H and O–H groups in total. The van der Waals surface area contributed by atoms with Crippen molar-refractivity contribution in [3.05, 3.63) is 21.7 Å². The highest BCUT2D eigenvalue weighted by Crippen LogP contribution is 2.26. The van der Waals surface area contributed by atoms with Crippen LogP contribution in [0.2, 0.25) is 10.3 Å². The van der Waals surface area contributed by atoms with Gasteiger partial charge in [-0.25, -0.2) is 9.97 Å². The number of carbonyl (C=O) groups excluding carboxylic acids is 2. The zero-order valence-corrected chi connectivity index (χ0v) is 12.2.